The first-order valence-corrected chi connectivity index (χ1v) is 10.0. The molecule has 0 aliphatic heterocycles. The first kappa shape index (κ1) is 23.7. The molecule has 1 aliphatic rings. The maximum Gasteiger partial charge on any atom is 0.417 e. The minimum absolute atomic E-state index is 0.00547. The van der Waals surface area contributed by atoms with Crippen LogP contribution in [0, 0.1) is 5.82 Å². The number of aromatic nitrogens is 1. The van der Waals surface area contributed by atoms with Crippen molar-refractivity contribution in [3.8, 4) is 0 Å². The van der Waals surface area contributed by atoms with Gasteiger partial charge in [0.05, 0.1) is 22.2 Å². The molecule has 11 heteroatoms. The van der Waals surface area contributed by atoms with E-state index in [4.69, 9.17) is 23.2 Å². The van der Waals surface area contributed by atoms with E-state index in [9.17, 15) is 31.9 Å². The Balaban J connectivity index is 2.00. The summed E-state index contributed by atoms with van der Waals surface area (Å²) in [6.45, 7) is 0. The summed E-state index contributed by atoms with van der Waals surface area (Å²) in [7, 11) is 0. The molecule has 0 radical (unpaired) electrons. The van der Waals surface area contributed by atoms with Crippen LogP contribution in [0.15, 0.2) is 30.5 Å². The van der Waals surface area contributed by atoms with Gasteiger partial charge in [-0.2, -0.15) is 13.2 Å². The molecule has 1 aliphatic carbocycles. The van der Waals surface area contributed by atoms with Gasteiger partial charge in [-0.3, -0.25) is 4.79 Å². The molecular formula is C20H17Cl2F5N2O2. The van der Waals surface area contributed by atoms with E-state index in [0.717, 1.165) is 18.3 Å². The lowest BCUT2D eigenvalue weighted by Crippen LogP contribution is -2.48. The molecule has 3 rings (SSSR count). The molecule has 2 N–H and O–H groups in total. The Labute approximate surface area is 184 Å². The number of halogens is 7. The number of rotatable bonds is 4. The number of nitrogens with zero attached hydrogens (tertiary/aromatic N) is 1. The second kappa shape index (κ2) is 8.88. The number of benzene rings is 1. The van der Waals surface area contributed by atoms with Crippen LogP contribution >= 0.6 is 23.2 Å². The first-order chi connectivity index (χ1) is 14.4. The maximum absolute atomic E-state index is 14.0. The number of aliphatic hydroxyl groups is 1. The summed E-state index contributed by atoms with van der Waals surface area (Å²) in [6.07, 6.45) is -5.34. The molecule has 1 heterocycles. The molecule has 2 aromatic rings. The van der Waals surface area contributed by atoms with Crippen LogP contribution in [0.5, 0.6) is 0 Å². The quantitative estimate of drug-likeness (QED) is 0.552. The van der Waals surface area contributed by atoms with Crippen molar-refractivity contribution in [2.75, 3.05) is 0 Å². The number of nitrogens with one attached hydrogen (secondary N) is 1. The Kier molecular flexibility index (Phi) is 6.78. The second-order valence-electron chi connectivity index (χ2n) is 7.41. The minimum atomic E-state index is -4.82. The summed E-state index contributed by atoms with van der Waals surface area (Å²) in [4.78, 5) is 16.4. The summed E-state index contributed by atoms with van der Waals surface area (Å²) < 4.78 is 67.0. The van der Waals surface area contributed by atoms with E-state index in [1.54, 1.807) is 0 Å². The Morgan fingerprint density at radius 1 is 1.23 bits per heavy atom. The van der Waals surface area contributed by atoms with Crippen LogP contribution in [0.3, 0.4) is 0 Å². The van der Waals surface area contributed by atoms with Crippen LogP contribution in [0.25, 0.3) is 0 Å². The molecule has 1 amide bonds. The van der Waals surface area contributed by atoms with Crippen LogP contribution in [-0.4, -0.2) is 27.8 Å². The van der Waals surface area contributed by atoms with Gasteiger partial charge in [-0.25, -0.2) is 13.8 Å². The van der Waals surface area contributed by atoms with Crippen molar-refractivity contribution in [1.82, 2.24) is 10.3 Å². The molecule has 4 nitrogen and oxygen atoms in total. The van der Waals surface area contributed by atoms with Gasteiger partial charge in [-0.15, -0.1) is 0 Å². The van der Waals surface area contributed by atoms with Crippen LogP contribution in [0.1, 0.15) is 53.3 Å². The van der Waals surface area contributed by atoms with Crippen molar-refractivity contribution in [2.45, 2.75) is 49.7 Å². The third-order valence-corrected chi connectivity index (χ3v) is 5.82. The molecule has 1 fully saturated rings. The average molecular weight is 483 g/mol. The molecule has 0 spiro atoms. The van der Waals surface area contributed by atoms with E-state index in [1.165, 1.54) is 6.07 Å². The van der Waals surface area contributed by atoms with E-state index in [1.807, 2.05) is 0 Å². The van der Waals surface area contributed by atoms with Crippen molar-refractivity contribution < 1.29 is 31.9 Å². The standard InChI is InChI=1S/C20H17Cl2F5N2O2/c21-11-7-10(8-13(24)9-11)17(19(31)4-1-12(23)2-5-19)29-18(30)16-15(22)14(3-6-28-16)20(25,26)27/h3,6-9,12,17,31H,1-2,4-5H2,(H,29,30)/t12-,17?,19-. The lowest BCUT2D eigenvalue weighted by atomic mass is 9.76. The van der Waals surface area contributed by atoms with E-state index in [-0.39, 0.29) is 36.3 Å². The fourth-order valence-corrected chi connectivity index (χ4v) is 4.20. The maximum atomic E-state index is 14.0. The molecule has 168 valence electrons. The summed E-state index contributed by atoms with van der Waals surface area (Å²) in [5.74, 6) is -1.86. The van der Waals surface area contributed by atoms with Gasteiger partial charge in [-0.1, -0.05) is 23.2 Å². The van der Waals surface area contributed by atoms with Gasteiger partial charge in [0, 0.05) is 11.2 Å². The lowest BCUT2D eigenvalue weighted by Gasteiger charge is -2.40. The second-order valence-corrected chi connectivity index (χ2v) is 8.22. The molecule has 1 aromatic carbocycles. The Morgan fingerprint density at radius 3 is 2.45 bits per heavy atom. The van der Waals surface area contributed by atoms with Crippen LogP contribution < -0.4 is 5.32 Å². The predicted octanol–water partition coefficient (Wildman–Crippen LogP) is 5.66. The zero-order chi connectivity index (χ0) is 23.0. The first-order valence-electron chi connectivity index (χ1n) is 9.26. The molecule has 0 bridgehead atoms. The SMILES string of the molecule is O=C(NC(c1cc(F)cc(Cl)c1)[C@]1(O)CC[C@H](F)CC1)c1nccc(C(F)(F)F)c1Cl. The van der Waals surface area contributed by atoms with Crippen LogP contribution in [-0.2, 0) is 6.18 Å². The number of alkyl halides is 4. The molecule has 1 aromatic heterocycles. The minimum Gasteiger partial charge on any atom is -0.387 e. The highest BCUT2D eigenvalue weighted by atomic mass is 35.5. The number of amides is 1. The van der Waals surface area contributed by atoms with Gasteiger partial charge >= 0.3 is 6.18 Å². The molecule has 0 saturated heterocycles. The summed E-state index contributed by atoms with van der Waals surface area (Å²) in [5.41, 5.74) is -3.59. The fourth-order valence-electron chi connectivity index (χ4n) is 3.66. The average Bonchev–Trinajstić information content (AvgIpc) is 2.66. The summed E-state index contributed by atoms with van der Waals surface area (Å²) >= 11 is 11.7. The van der Waals surface area contributed by atoms with Gasteiger partial charge in [0.1, 0.15) is 17.7 Å². The van der Waals surface area contributed by atoms with Crippen molar-refractivity contribution in [1.29, 1.82) is 0 Å². The van der Waals surface area contributed by atoms with Crippen molar-refractivity contribution in [2.24, 2.45) is 0 Å². The monoisotopic (exact) mass is 482 g/mol. The van der Waals surface area contributed by atoms with Crippen molar-refractivity contribution in [3.63, 3.8) is 0 Å². The van der Waals surface area contributed by atoms with Gasteiger partial charge < -0.3 is 10.4 Å². The molecule has 1 unspecified atom stereocenters. The van der Waals surface area contributed by atoms with Crippen LogP contribution in [0.4, 0.5) is 22.0 Å². The normalized spacial score (nSPS) is 22.8. The fraction of sp³-hybridized carbons (Fsp3) is 0.400. The van der Waals surface area contributed by atoms with Crippen LogP contribution in [0.2, 0.25) is 10.0 Å². The number of hydrogen-bond donors (Lipinski definition) is 2. The smallest absolute Gasteiger partial charge is 0.387 e. The summed E-state index contributed by atoms with van der Waals surface area (Å²) in [6, 6.07) is 2.66. The predicted molar refractivity (Wildman–Crippen MR) is 104 cm³/mol. The van der Waals surface area contributed by atoms with Crippen molar-refractivity contribution >= 4 is 29.1 Å². The zero-order valence-corrected chi connectivity index (χ0v) is 17.3. The number of hydrogen-bond acceptors (Lipinski definition) is 3. The Morgan fingerprint density at radius 2 is 1.87 bits per heavy atom. The number of pyridine rings is 1. The third kappa shape index (κ3) is 5.27. The van der Waals surface area contributed by atoms with Gasteiger partial charge in [0.15, 0.2) is 0 Å². The molecular weight excluding hydrogens is 466 g/mol. The van der Waals surface area contributed by atoms with Gasteiger partial charge in [0.2, 0.25) is 0 Å². The highest BCUT2D eigenvalue weighted by molar-refractivity contribution is 6.34. The van der Waals surface area contributed by atoms with E-state index < -0.39 is 52.0 Å². The largest absolute Gasteiger partial charge is 0.417 e. The Bertz CT molecular complexity index is 958. The summed E-state index contributed by atoms with van der Waals surface area (Å²) in [5, 5.41) is 12.6. The molecule has 31 heavy (non-hydrogen) atoms. The zero-order valence-electron chi connectivity index (χ0n) is 15.8. The van der Waals surface area contributed by atoms with E-state index >= 15 is 0 Å². The highest BCUT2D eigenvalue weighted by Gasteiger charge is 2.43. The molecule has 1 saturated carbocycles. The third-order valence-electron chi connectivity index (χ3n) is 5.22. The highest BCUT2D eigenvalue weighted by Crippen LogP contribution is 2.41. The topological polar surface area (TPSA) is 62.2 Å². The van der Waals surface area contributed by atoms with E-state index in [2.05, 4.69) is 10.3 Å². The van der Waals surface area contributed by atoms with E-state index in [0.29, 0.717) is 6.07 Å². The Hall–Kier alpha value is -1.97. The lowest BCUT2D eigenvalue weighted by molar-refractivity contribution is -0.137. The number of carbonyl (C=O) groups excluding carboxylic acids is 1. The van der Waals surface area contributed by atoms with Gasteiger partial charge in [-0.05, 0) is 55.5 Å². The van der Waals surface area contributed by atoms with Crippen molar-refractivity contribution in [3.05, 3.63) is 63.1 Å². The van der Waals surface area contributed by atoms with Gasteiger partial charge in [0.25, 0.3) is 5.91 Å². The number of carbonyl (C=O) groups is 1. The molecule has 1 atom stereocenters.